The second-order valence-electron chi connectivity index (χ2n) is 3.22. The minimum absolute atomic E-state index is 0.270. The summed E-state index contributed by atoms with van der Waals surface area (Å²) in [5.41, 5.74) is 1.18. The van der Waals surface area contributed by atoms with Gasteiger partial charge in [0.25, 0.3) is 0 Å². The first kappa shape index (κ1) is 13.1. The quantitative estimate of drug-likeness (QED) is 0.449. The first-order chi connectivity index (χ1) is 8.27. The molecule has 0 fully saturated rings. The molecule has 6 nitrogen and oxygen atoms in total. The van der Waals surface area contributed by atoms with Gasteiger partial charge in [0.2, 0.25) is 0 Å². The first-order valence-corrected chi connectivity index (χ1v) is 5.30. The van der Waals surface area contributed by atoms with E-state index in [0.717, 1.165) is 5.56 Å². The molecule has 0 aromatic heterocycles. The molecule has 0 saturated carbocycles. The topological polar surface area (TPSA) is 79.8 Å². The molecule has 92 valence electrons. The van der Waals surface area contributed by atoms with Crippen molar-refractivity contribution in [2.45, 2.75) is 13.5 Å². The second kappa shape index (κ2) is 7.34. The smallest absolute Gasteiger partial charge is 0.408 e. The highest BCUT2D eigenvalue weighted by molar-refractivity contribution is 5.66. The number of ether oxygens (including phenoxy) is 1. The van der Waals surface area contributed by atoms with Crippen LogP contribution < -0.4 is 10.6 Å². The van der Waals surface area contributed by atoms with Gasteiger partial charge in [0.15, 0.2) is 0 Å². The van der Waals surface area contributed by atoms with Crippen molar-refractivity contribution in [2.24, 2.45) is 5.18 Å². The number of carbonyl (C=O) groups excluding carboxylic acids is 1. The molecule has 0 unspecified atom stereocenters. The molecule has 1 amide bonds. The first-order valence-electron chi connectivity index (χ1n) is 5.30. The molecule has 1 rings (SSSR count). The number of carbonyl (C=O) groups is 1. The van der Waals surface area contributed by atoms with E-state index in [1.165, 1.54) is 0 Å². The Hall–Kier alpha value is -1.95. The summed E-state index contributed by atoms with van der Waals surface area (Å²) in [5, 5.41) is 8.38. The summed E-state index contributed by atoms with van der Waals surface area (Å²) in [4.78, 5) is 21.4. The second-order valence-corrected chi connectivity index (χ2v) is 3.22. The van der Waals surface area contributed by atoms with Crippen LogP contribution >= 0.6 is 0 Å². The molecule has 0 radical (unpaired) electrons. The van der Waals surface area contributed by atoms with Crippen LogP contribution in [-0.4, -0.2) is 19.4 Å². The Labute approximate surface area is 99.3 Å². The molecular weight excluding hydrogens is 222 g/mol. The number of nitroso groups, excluding NO2 is 1. The summed E-state index contributed by atoms with van der Waals surface area (Å²) in [7, 11) is 0. The van der Waals surface area contributed by atoms with Crippen LogP contribution in [0.1, 0.15) is 12.5 Å². The maximum Gasteiger partial charge on any atom is 0.408 e. The zero-order valence-electron chi connectivity index (χ0n) is 9.60. The van der Waals surface area contributed by atoms with E-state index in [9.17, 15) is 9.70 Å². The Morgan fingerprint density at radius 2 is 2.18 bits per heavy atom. The summed E-state index contributed by atoms with van der Waals surface area (Å²) in [6.07, 6.45) is -0.471. The van der Waals surface area contributed by atoms with E-state index in [1.54, 1.807) is 25.1 Å². The number of hydrogen-bond donors (Lipinski definition) is 2. The fourth-order valence-electron chi connectivity index (χ4n) is 1.26. The molecule has 0 atom stereocenters. The van der Waals surface area contributed by atoms with Crippen LogP contribution in [0.4, 0.5) is 10.5 Å². The zero-order chi connectivity index (χ0) is 12.5. The van der Waals surface area contributed by atoms with Crippen molar-refractivity contribution < 1.29 is 9.53 Å². The van der Waals surface area contributed by atoms with Crippen LogP contribution in [0.15, 0.2) is 29.4 Å². The molecule has 0 spiro atoms. The van der Waals surface area contributed by atoms with Gasteiger partial charge in [-0.05, 0) is 23.7 Å². The van der Waals surface area contributed by atoms with Gasteiger partial charge in [-0.3, -0.25) is 5.32 Å². The fraction of sp³-hybridized carbons (Fsp3) is 0.364. The lowest BCUT2D eigenvalue weighted by Gasteiger charge is -2.07. The van der Waals surface area contributed by atoms with E-state index in [2.05, 4.69) is 20.5 Å². The standard InChI is InChI=1S/C11H15N3O3/c1-2-17-11(15)13-8-12-7-9-5-3-4-6-10(9)14-16/h3-6,12H,2,7-8H2,1H3,(H,13,15). The maximum absolute atomic E-state index is 10.9. The average Bonchev–Trinajstić information content (AvgIpc) is 2.35. The molecule has 0 aliphatic heterocycles. The predicted octanol–water partition coefficient (Wildman–Crippen LogP) is 1.88. The number of nitrogens with one attached hydrogen (secondary N) is 2. The Bertz CT molecular complexity index is 382. The van der Waals surface area contributed by atoms with Gasteiger partial charge in [-0.1, -0.05) is 18.2 Å². The van der Waals surface area contributed by atoms with Crippen LogP contribution in [-0.2, 0) is 11.3 Å². The zero-order valence-corrected chi connectivity index (χ0v) is 9.60. The lowest BCUT2D eigenvalue weighted by molar-refractivity contribution is 0.151. The number of hydrogen-bond acceptors (Lipinski definition) is 5. The van der Waals surface area contributed by atoms with Crippen molar-refractivity contribution in [1.29, 1.82) is 0 Å². The van der Waals surface area contributed by atoms with Gasteiger partial charge in [-0.25, -0.2) is 4.79 Å². The molecular formula is C11H15N3O3. The van der Waals surface area contributed by atoms with Crippen molar-refractivity contribution in [3.8, 4) is 0 Å². The Balaban J connectivity index is 2.31. The normalized spacial score (nSPS) is 9.71. The molecule has 17 heavy (non-hydrogen) atoms. The van der Waals surface area contributed by atoms with Crippen molar-refractivity contribution >= 4 is 11.8 Å². The molecule has 0 saturated heterocycles. The molecule has 6 heteroatoms. The van der Waals surface area contributed by atoms with Gasteiger partial charge < -0.3 is 10.1 Å². The van der Waals surface area contributed by atoms with Crippen molar-refractivity contribution in [3.05, 3.63) is 34.7 Å². The van der Waals surface area contributed by atoms with Gasteiger partial charge in [0.1, 0.15) is 5.69 Å². The Morgan fingerprint density at radius 3 is 2.88 bits per heavy atom. The van der Waals surface area contributed by atoms with Crippen molar-refractivity contribution in [3.63, 3.8) is 0 Å². The van der Waals surface area contributed by atoms with Gasteiger partial charge in [0.05, 0.1) is 13.3 Å². The number of amides is 1. The summed E-state index contributed by atoms with van der Waals surface area (Å²) in [6.45, 7) is 2.79. The lowest BCUT2D eigenvalue weighted by atomic mass is 10.2. The van der Waals surface area contributed by atoms with E-state index in [0.29, 0.717) is 18.8 Å². The van der Waals surface area contributed by atoms with Crippen LogP contribution in [0.25, 0.3) is 0 Å². The molecule has 0 aliphatic rings. The number of nitrogens with zero attached hydrogens (tertiary/aromatic N) is 1. The number of benzene rings is 1. The number of rotatable bonds is 6. The molecule has 1 aromatic carbocycles. The summed E-state index contributed by atoms with van der Waals surface area (Å²) in [5.74, 6) is 0. The third-order valence-electron chi connectivity index (χ3n) is 2.04. The average molecular weight is 237 g/mol. The minimum atomic E-state index is -0.471. The minimum Gasteiger partial charge on any atom is -0.450 e. The van der Waals surface area contributed by atoms with Gasteiger partial charge >= 0.3 is 6.09 Å². The summed E-state index contributed by atoms with van der Waals surface area (Å²) in [6, 6.07) is 7.01. The third-order valence-corrected chi connectivity index (χ3v) is 2.04. The van der Waals surface area contributed by atoms with E-state index >= 15 is 0 Å². The lowest BCUT2D eigenvalue weighted by Crippen LogP contribution is -2.33. The highest BCUT2D eigenvalue weighted by Crippen LogP contribution is 2.17. The van der Waals surface area contributed by atoms with E-state index in [4.69, 9.17) is 0 Å². The highest BCUT2D eigenvalue weighted by Gasteiger charge is 2.02. The van der Waals surface area contributed by atoms with Gasteiger partial charge in [-0.2, -0.15) is 0 Å². The molecule has 2 N–H and O–H groups in total. The van der Waals surface area contributed by atoms with E-state index < -0.39 is 6.09 Å². The largest absolute Gasteiger partial charge is 0.450 e. The van der Waals surface area contributed by atoms with Crippen LogP contribution in [0, 0.1) is 4.91 Å². The van der Waals surface area contributed by atoms with E-state index in [1.807, 2.05) is 6.07 Å². The SMILES string of the molecule is CCOC(=O)NCNCc1ccccc1N=O. The Kier molecular flexibility index (Phi) is 5.67. The highest BCUT2D eigenvalue weighted by atomic mass is 16.5. The fourth-order valence-corrected chi connectivity index (χ4v) is 1.26. The van der Waals surface area contributed by atoms with Crippen LogP contribution in [0.2, 0.25) is 0 Å². The van der Waals surface area contributed by atoms with Crippen LogP contribution in [0.5, 0.6) is 0 Å². The summed E-state index contributed by atoms with van der Waals surface area (Å²) < 4.78 is 4.68. The third kappa shape index (κ3) is 4.60. The molecule has 0 aliphatic carbocycles. The molecule has 1 aromatic rings. The van der Waals surface area contributed by atoms with Gasteiger partial charge in [0, 0.05) is 6.54 Å². The molecule has 0 heterocycles. The van der Waals surface area contributed by atoms with Crippen molar-refractivity contribution in [2.75, 3.05) is 13.3 Å². The monoisotopic (exact) mass is 237 g/mol. The van der Waals surface area contributed by atoms with E-state index in [-0.39, 0.29) is 6.67 Å². The Morgan fingerprint density at radius 1 is 1.41 bits per heavy atom. The van der Waals surface area contributed by atoms with Crippen molar-refractivity contribution in [1.82, 2.24) is 10.6 Å². The number of alkyl carbamates (subject to hydrolysis) is 1. The maximum atomic E-state index is 10.9. The predicted molar refractivity (Wildman–Crippen MR) is 63.8 cm³/mol. The molecule has 0 bridgehead atoms. The summed E-state index contributed by atoms with van der Waals surface area (Å²) >= 11 is 0. The van der Waals surface area contributed by atoms with Gasteiger partial charge in [-0.15, -0.1) is 4.91 Å². The van der Waals surface area contributed by atoms with Crippen LogP contribution in [0.3, 0.4) is 0 Å².